The number of piperazine rings is 1. The van der Waals surface area contributed by atoms with Crippen molar-refractivity contribution in [3.8, 4) is 5.75 Å². The molecule has 1 aromatic carbocycles. The van der Waals surface area contributed by atoms with Crippen LogP contribution in [0.4, 0.5) is 5.69 Å². The quantitative estimate of drug-likeness (QED) is 0.942. The second kappa shape index (κ2) is 6.78. The maximum Gasteiger partial charge on any atom is 0.132 e. The van der Waals surface area contributed by atoms with Crippen molar-refractivity contribution in [1.82, 2.24) is 10.3 Å². The molecule has 2 aromatic rings. The molecule has 5 heteroatoms. The highest BCUT2D eigenvalue weighted by Crippen LogP contribution is 2.22. The Hall–Kier alpha value is -1.78. The maximum atomic E-state index is 5.97. The minimum Gasteiger partial charge on any atom is -0.487 e. The van der Waals surface area contributed by atoms with E-state index in [1.165, 1.54) is 0 Å². The summed E-state index contributed by atoms with van der Waals surface area (Å²) >= 11 is 5.97. The van der Waals surface area contributed by atoms with Gasteiger partial charge in [0.1, 0.15) is 18.1 Å². The standard InChI is InChI=1S/C16H18ClN3O/c17-13-3-1-4-14(11-13)21-12-15-16(5-2-6-19-15)20-9-7-18-8-10-20/h1-6,11,18H,7-10,12H2. The van der Waals surface area contributed by atoms with Gasteiger partial charge >= 0.3 is 0 Å². The van der Waals surface area contributed by atoms with Gasteiger partial charge in [0.25, 0.3) is 0 Å². The molecule has 110 valence electrons. The first kappa shape index (κ1) is 14.2. The fourth-order valence-electron chi connectivity index (χ4n) is 2.44. The van der Waals surface area contributed by atoms with Crippen LogP contribution >= 0.6 is 11.6 Å². The molecular formula is C16H18ClN3O. The highest BCUT2D eigenvalue weighted by molar-refractivity contribution is 6.30. The molecule has 1 aromatic heterocycles. The third-order valence-corrected chi connectivity index (χ3v) is 3.73. The summed E-state index contributed by atoms with van der Waals surface area (Å²) < 4.78 is 5.82. The lowest BCUT2D eigenvalue weighted by molar-refractivity contribution is 0.301. The van der Waals surface area contributed by atoms with Gasteiger partial charge in [0.05, 0.1) is 5.69 Å². The summed E-state index contributed by atoms with van der Waals surface area (Å²) in [6.45, 7) is 4.44. The lowest BCUT2D eigenvalue weighted by Gasteiger charge is -2.30. The average molecular weight is 304 g/mol. The molecule has 0 atom stereocenters. The van der Waals surface area contributed by atoms with Crippen LogP contribution in [0.2, 0.25) is 5.02 Å². The summed E-state index contributed by atoms with van der Waals surface area (Å²) in [7, 11) is 0. The molecule has 0 radical (unpaired) electrons. The molecule has 0 aliphatic carbocycles. The molecule has 3 rings (SSSR count). The summed E-state index contributed by atoms with van der Waals surface area (Å²) in [5.74, 6) is 0.763. The second-order valence-corrected chi connectivity index (χ2v) is 5.39. The molecule has 2 heterocycles. The smallest absolute Gasteiger partial charge is 0.132 e. The molecule has 1 aliphatic heterocycles. The molecule has 21 heavy (non-hydrogen) atoms. The lowest BCUT2D eigenvalue weighted by atomic mass is 10.2. The van der Waals surface area contributed by atoms with Crippen LogP contribution in [0.3, 0.4) is 0 Å². The second-order valence-electron chi connectivity index (χ2n) is 4.95. The number of pyridine rings is 1. The number of ether oxygens (including phenoxy) is 1. The van der Waals surface area contributed by atoms with Gasteiger partial charge in [-0.3, -0.25) is 4.98 Å². The van der Waals surface area contributed by atoms with Crippen molar-refractivity contribution in [3.63, 3.8) is 0 Å². The molecule has 0 amide bonds. The van der Waals surface area contributed by atoms with E-state index < -0.39 is 0 Å². The minimum absolute atomic E-state index is 0.445. The van der Waals surface area contributed by atoms with E-state index in [-0.39, 0.29) is 0 Å². The normalized spacial score (nSPS) is 15.0. The molecular weight excluding hydrogens is 286 g/mol. The van der Waals surface area contributed by atoms with E-state index in [4.69, 9.17) is 16.3 Å². The Morgan fingerprint density at radius 3 is 2.86 bits per heavy atom. The van der Waals surface area contributed by atoms with Crippen LogP contribution in [-0.2, 0) is 6.61 Å². The van der Waals surface area contributed by atoms with Crippen molar-refractivity contribution in [2.24, 2.45) is 0 Å². The largest absolute Gasteiger partial charge is 0.487 e. The first-order valence-corrected chi connectivity index (χ1v) is 7.48. The number of hydrogen-bond acceptors (Lipinski definition) is 4. The third-order valence-electron chi connectivity index (χ3n) is 3.50. The van der Waals surface area contributed by atoms with E-state index >= 15 is 0 Å². The lowest BCUT2D eigenvalue weighted by Crippen LogP contribution is -2.44. The molecule has 0 saturated carbocycles. The predicted molar refractivity (Wildman–Crippen MR) is 85.1 cm³/mol. The number of halogens is 1. The molecule has 0 bridgehead atoms. The van der Waals surface area contributed by atoms with Crippen LogP contribution in [0.1, 0.15) is 5.69 Å². The van der Waals surface area contributed by atoms with Crippen LogP contribution < -0.4 is 15.0 Å². The average Bonchev–Trinajstić information content (AvgIpc) is 2.54. The topological polar surface area (TPSA) is 37.4 Å². The number of rotatable bonds is 4. The Bertz CT molecular complexity index is 600. The third kappa shape index (κ3) is 3.65. The zero-order valence-electron chi connectivity index (χ0n) is 11.8. The van der Waals surface area contributed by atoms with Crippen LogP contribution in [0.25, 0.3) is 0 Å². The number of aromatic nitrogens is 1. The molecule has 0 spiro atoms. The maximum absolute atomic E-state index is 5.97. The van der Waals surface area contributed by atoms with Gasteiger partial charge in [0.15, 0.2) is 0 Å². The van der Waals surface area contributed by atoms with Gasteiger partial charge in [-0.2, -0.15) is 0 Å². The van der Waals surface area contributed by atoms with Crippen LogP contribution in [0.5, 0.6) is 5.75 Å². The van der Waals surface area contributed by atoms with Crippen molar-refractivity contribution in [1.29, 1.82) is 0 Å². The van der Waals surface area contributed by atoms with Gasteiger partial charge in [0.2, 0.25) is 0 Å². The fourth-order valence-corrected chi connectivity index (χ4v) is 2.62. The van der Waals surface area contributed by atoms with Crippen molar-refractivity contribution >= 4 is 17.3 Å². The van der Waals surface area contributed by atoms with Gasteiger partial charge in [-0.05, 0) is 30.3 Å². The summed E-state index contributed by atoms with van der Waals surface area (Å²) in [4.78, 5) is 6.82. The van der Waals surface area contributed by atoms with Crippen molar-refractivity contribution < 1.29 is 4.74 Å². The fraction of sp³-hybridized carbons (Fsp3) is 0.312. The summed E-state index contributed by atoms with van der Waals surface area (Å²) in [6.07, 6.45) is 1.81. The van der Waals surface area contributed by atoms with E-state index in [9.17, 15) is 0 Å². The zero-order chi connectivity index (χ0) is 14.5. The monoisotopic (exact) mass is 303 g/mol. The number of anilines is 1. The Morgan fingerprint density at radius 1 is 1.19 bits per heavy atom. The van der Waals surface area contributed by atoms with Gasteiger partial charge in [-0.25, -0.2) is 0 Å². The Kier molecular flexibility index (Phi) is 4.58. The predicted octanol–water partition coefficient (Wildman–Crippen LogP) is 2.72. The van der Waals surface area contributed by atoms with Crippen molar-refractivity contribution in [2.45, 2.75) is 6.61 Å². The van der Waals surface area contributed by atoms with Crippen LogP contribution in [-0.4, -0.2) is 31.2 Å². The summed E-state index contributed by atoms with van der Waals surface area (Å²) in [5.41, 5.74) is 2.11. The Labute approximate surface area is 129 Å². The molecule has 1 aliphatic rings. The zero-order valence-corrected chi connectivity index (χ0v) is 12.5. The molecule has 4 nitrogen and oxygen atoms in total. The van der Waals surface area contributed by atoms with E-state index in [0.29, 0.717) is 11.6 Å². The first-order chi connectivity index (χ1) is 10.3. The Balaban J connectivity index is 1.73. The van der Waals surface area contributed by atoms with E-state index in [1.807, 2.05) is 36.5 Å². The summed E-state index contributed by atoms with van der Waals surface area (Å²) in [5, 5.41) is 4.04. The van der Waals surface area contributed by atoms with E-state index in [1.54, 1.807) is 0 Å². The van der Waals surface area contributed by atoms with Gasteiger partial charge in [0, 0.05) is 37.4 Å². The number of nitrogens with one attached hydrogen (secondary N) is 1. The van der Waals surface area contributed by atoms with Crippen LogP contribution in [0, 0.1) is 0 Å². The Morgan fingerprint density at radius 2 is 2.05 bits per heavy atom. The minimum atomic E-state index is 0.445. The van der Waals surface area contributed by atoms with E-state index in [2.05, 4.69) is 21.3 Å². The van der Waals surface area contributed by atoms with Crippen LogP contribution in [0.15, 0.2) is 42.6 Å². The molecule has 0 unspecified atom stereocenters. The first-order valence-electron chi connectivity index (χ1n) is 7.11. The van der Waals surface area contributed by atoms with E-state index in [0.717, 1.165) is 43.3 Å². The molecule has 1 saturated heterocycles. The molecule has 1 N–H and O–H groups in total. The molecule has 1 fully saturated rings. The van der Waals surface area contributed by atoms with Gasteiger partial charge in [-0.1, -0.05) is 17.7 Å². The number of nitrogens with zero attached hydrogens (tertiary/aromatic N) is 2. The van der Waals surface area contributed by atoms with Gasteiger partial charge in [-0.15, -0.1) is 0 Å². The van der Waals surface area contributed by atoms with Crippen molar-refractivity contribution in [2.75, 3.05) is 31.1 Å². The number of hydrogen-bond donors (Lipinski definition) is 1. The number of benzene rings is 1. The summed E-state index contributed by atoms with van der Waals surface area (Å²) in [6, 6.07) is 11.5. The highest BCUT2D eigenvalue weighted by Gasteiger charge is 2.14. The van der Waals surface area contributed by atoms with Gasteiger partial charge < -0.3 is 15.0 Å². The SMILES string of the molecule is Clc1cccc(OCc2ncccc2N2CCNCC2)c1. The van der Waals surface area contributed by atoms with Crippen molar-refractivity contribution in [3.05, 3.63) is 53.3 Å². The highest BCUT2D eigenvalue weighted by atomic mass is 35.5.